The zero-order valence-corrected chi connectivity index (χ0v) is 20.4. The molecule has 0 aliphatic heterocycles. The lowest BCUT2D eigenvalue weighted by Crippen LogP contribution is -2.17. The largest absolute Gasteiger partial charge is 0.383 e. The second-order valence-electron chi connectivity index (χ2n) is 8.85. The van der Waals surface area contributed by atoms with Gasteiger partial charge in [0.2, 0.25) is 0 Å². The third-order valence-electron chi connectivity index (χ3n) is 5.32. The van der Waals surface area contributed by atoms with Gasteiger partial charge in [-0.05, 0) is 67.3 Å². The molecule has 0 spiro atoms. The van der Waals surface area contributed by atoms with E-state index in [4.69, 9.17) is 0 Å². The Bertz CT molecular complexity index is 696. The van der Waals surface area contributed by atoms with E-state index < -0.39 is 0 Å². The van der Waals surface area contributed by atoms with Crippen LogP contribution < -0.4 is 10.6 Å². The highest BCUT2D eigenvalue weighted by atomic mass is 32.2. The molecule has 0 saturated heterocycles. The molecule has 0 aliphatic rings. The Hall–Kier alpha value is -1.61. The Labute approximate surface area is 189 Å². The molecule has 0 fully saturated rings. The van der Waals surface area contributed by atoms with Gasteiger partial charge in [-0.25, -0.2) is 0 Å². The lowest BCUT2D eigenvalue weighted by atomic mass is 10.1. The van der Waals surface area contributed by atoms with Gasteiger partial charge in [0.25, 0.3) is 0 Å². The summed E-state index contributed by atoms with van der Waals surface area (Å²) in [5.74, 6) is 3.05. The molecule has 0 bridgehead atoms. The number of anilines is 3. The summed E-state index contributed by atoms with van der Waals surface area (Å²) in [5, 5.41) is 7.22. The Morgan fingerprint density at radius 3 is 2.20 bits per heavy atom. The molecule has 1 atom stereocenters. The van der Waals surface area contributed by atoms with Gasteiger partial charge in [-0.15, -0.1) is 0 Å². The first-order valence-corrected chi connectivity index (χ1v) is 13.0. The van der Waals surface area contributed by atoms with Crippen LogP contribution in [-0.4, -0.2) is 11.8 Å². The summed E-state index contributed by atoms with van der Waals surface area (Å²) < 4.78 is 0. The fourth-order valence-electron chi connectivity index (χ4n) is 3.79. The highest BCUT2D eigenvalue weighted by Gasteiger charge is 2.06. The molecule has 0 amide bonds. The summed E-state index contributed by atoms with van der Waals surface area (Å²) in [6, 6.07) is 17.9. The van der Waals surface area contributed by atoms with Crippen molar-refractivity contribution >= 4 is 28.8 Å². The second kappa shape index (κ2) is 14.4. The number of hydrogen-bond acceptors (Lipinski definition) is 3. The van der Waals surface area contributed by atoms with Crippen LogP contribution >= 0.6 is 11.8 Å². The lowest BCUT2D eigenvalue weighted by Gasteiger charge is -2.18. The van der Waals surface area contributed by atoms with Crippen molar-refractivity contribution in [1.82, 2.24) is 0 Å². The maximum atomic E-state index is 3.62. The highest BCUT2D eigenvalue weighted by Crippen LogP contribution is 2.26. The summed E-state index contributed by atoms with van der Waals surface area (Å²) in [7, 11) is 0. The molecule has 1 unspecified atom stereocenters. The summed E-state index contributed by atoms with van der Waals surface area (Å²) in [6.45, 7) is 9.08. The average molecular weight is 427 g/mol. The first-order chi connectivity index (χ1) is 14.6. The minimum Gasteiger partial charge on any atom is -0.383 e. The molecule has 2 aromatic carbocycles. The molecule has 0 heterocycles. The van der Waals surface area contributed by atoms with E-state index in [2.05, 4.69) is 98.6 Å². The zero-order valence-electron chi connectivity index (χ0n) is 19.5. The van der Waals surface area contributed by atoms with Crippen molar-refractivity contribution in [3.63, 3.8) is 0 Å². The molecule has 2 N–H and O–H groups in total. The Morgan fingerprint density at radius 2 is 1.47 bits per heavy atom. The van der Waals surface area contributed by atoms with Crippen molar-refractivity contribution in [2.45, 2.75) is 84.4 Å². The molecule has 2 aromatic rings. The molecule has 0 saturated carbocycles. The van der Waals surface area contributed by atoms with E-state index in [1.165, 1.54) is 67.6 Å². The van der Waals surface area contributed by atoms with Crippen LogP contribution in [0.2, 0.25) is 0 Å². The van der Waals surface area contributed by atoms with E-state index in [-0.39, 0.29) is 0 Å². The van der Waals surface area contributed by atoms with E-state index in [0.29, 0.717) is 12.0 Å². The molecule has 0 aromatic heterocycles. The third-order valence-corrected chi connectivity index (χ3v) is 6.41. The molecule has 0 aliphatic carbocycles. The third kappa shape index (κ3) is 9.93. The van der Waals surface area contributed by atoms with Crippen molar-refractivity contribution in [2.75, 3.05) is 16.4 Å². The van der Waals surface area contributed by atoms with Gasteiger partial charge in [-0.3, -0.25) is 0 Å². The lowest BCUT2D eigenvalue weighted by molar-refractivity contribution is 0.540. The number of rotatable bonds is 15. The molecular weight excluding hydrogens is 384 g/mol. The van der Waals surface area contributed by atoms with Crippen molar-refractivity contribution in [1.29, 1.82) is 0 Å². The van der Waals surface area contributed by atoms with Gasteiger partial charge >= 0.3 is 0 Å². The Balaban J connectivity index is 1.80. The van der Waals surface area contributed by atoms with Crippen LogP contribution in [0.5, 0.6) is 0 Å². The highest BCUT2D eigenvalue weighted by molar-refractivity contribution is 7.98. The molecule has 2 nitrogen and oxygen atoms in total. The van der Waals surface area contributed by atoms with Crippen LogP contribution in [0, 0.1) is 5.92 Å². The fraction of sp³-hybridized carbons (Fsp3) is 0.556. The quantitative estimate of drug-likeness (QED) is 0.278. The number of unbranched alkanes of at least 4 members (excludes halogenated alkanes) is 5. The van der Waals surface area contributed by atoms with E-state index >= 15 is 0 Å². The van der Waals surface area contributed by atoms with Crippen molar-refractivity contribution in [2.24, 2.45) is 5.92 Å². The standard InChI is InChI=1S/C27H42N2S/c1-5-6-7-8-9-12-19-30-21-24-13-10-11-14-27(24)29-26-17-15-25(16-18-26)28-23(4)20-22(2)3/h10-11,13-18,22-23,28-29H,5-9,12,19-21H2,1-4H3. The van der Waals surface area contributed by atoms with Crippen molar-refractivity contribution < 1.29 is 0 Å². The van der Waals surface area contributed by atoms with Crippen LogP contribution in [0.1, 0.15) is 78.2 Å². The van der Waals surface area contributed by atoms with Gasteiger partial charge in [0.15, 0.2) is 0 Å². The van der Waals surface area contributed by atoms with Crippen LogP contribution in [-0.2, 0) is 5.75 Å². The smallest absolute Gasteiger partial charge is 0.0425 e. The van der Waals surface area contributed by atoms with Crippen LogP contribution in [0.3, 0.4) is 0 Å². The number of benzene rings is 2. The minimum absolute atomic E-state index is 0.494. The zero-order chi connectivity index (χ0) is 21.6. The van der Waals surface area contributed by atoms with Crippen LogP contribution in [0.15, 0.2) is 48.5 Å². The maximum Gasteiger partial charge on any atom is 0.0425 e. The first-order valence-electron chi connectivity index (χ1n) is 11.9. The second-order valence-corrected chi connectivity index (χ2v) is 9.96. The Kier molecular flexibility index (Phi) is 11.8. The topological polar surface area (TPSA) is 24.1 Å². The van der Waals surface area contributed by atoms with E-state index in [9.17, 15) is 0 Å². The summed E-state index contributed by atoms with van der Waals surface area (Å²) >= 11 is 2.06. The number of thioether (sulfide) groups is 1. The SMILES string of the molecule is CCCCCCCCSCc1ccccc1Nc1ccc(NC(C)CC(C)C)cc1. The number of hydrogen-bond donors (Lipinski definition) is 2. The normalized spacial score (nSPS) is 12.2. The van der Waals surface area contributed by atoms with Gasteiger partial charge in [0.1, 0.15) is 0 Å². The summed E-state index contributed by atoms with van der Waals surface area (Å²) in [6.07, 6.45) is 9.42. The van der Waals surface area contributed by atoms with Crippen molar-refractivity contribution in [3.8, 4) is 0 Å². The maximum absolute atomic E-state index is 3.62. The van der Waals surface area contributed by atoms with Gasteiger partial charge in [0, 0.05) is 28.9 Å². The van der Waals surface area contributed by atoms with E-state index in [1.807, 2.05) is 0 Å². The van der Waals surface area contributed by atoms with Crippen LogP contribution in [0.4, 0.5) is 17.1 Å². The molecule has 0 radical (unpaired) electrons. The van der Waals surface area contributed by atoms with Gasteiger partial charge in [0.05, 0.1) is 0 Å². The van der Waals surface area contributed by atoms with Gasteiger partial charge in [-0.1, -0.05) is 71.1 Å². The van der Waals surface area contributed by atoms with Gasteiger partial charge < -0.3 is 10.6 Å². The van der Waals surface area contributed by atoms with E-state index in [1.54, 1.807) is 0 Å². The predicted molar refractivity (Wildman–Crippen MR) is 138 cm³/mol. The van der Waals surface area contributed by atoms with Gasteiger partial charge in [-0.2, -0.15) is 11.8 Å². The number of para-hydroxylation sites is 1. The van der Waals surface area contributed by atoms with Crippen LogP contribution in [0.25, 0.3) is 0 Å². The predicted octanol–water partition coefficient (Wildman–Crippen LogP) is 8.87. The molecule has 3 heteroatoms. The fourth-order valence-corrected chi connectivity index (χ4v) is 4.81. The Morgan fingerprint density at radius 1 is 0.800 bits per heavy atom. The summed E-state index contributed by atoms with van der Waals surface area (Å²) in [4.78, 5) is 0. The molecule has 166 valence electrons. The molecular formula is C27H42N2S. The average Bonchev–Trinajstić information content (AvgIpc) is 2.72. The number of nitrogens with one attached hydrogen (secondary N) is 2. The monoisotopic (exact) mass is 426 g/mol. The summed E-state index contributed by atoms with van der Waals surface area (Å²) in [5.41, 5.74) is 4.95. The van der Waals surface area contributed by atoms with Crippen molar-refractivity contribution in [3.05, 3.63) is 54.1 Å². The minimum atomic E-state index is 0.494. The van der Waals surface area contributed by atoms with E-state index in [0.717, 1.165) is 11.4 Å². The molecule has 30 heavy (non-hydrogen) atoms. The molecule has 2 rings (SSSR count). The first kappa shape index (κ1) is 24.7.